The van der Waals surface area contributed by atoms with Crippen molar-refractivity contribution in [2.45, 2.75) is 19.3 Å². The largest absolute Gasteiger partial charge is 0.398 e. The first-order valence-corrected chi connectivity index (χ1v) is 5.96. The number of nitrogens with one attached hydrogen (secondary N) is 1. The number of anilines is 1. The summed E-state index contributed by atoms with van der Waals surface area (Å²) in [6.45, 7) is 1.91. The van der Waals surface area contributed by atoms with Gasteiger partial charge in [-0.05, 0) is 50.0 Å². The molecule has 17 heavy (non-hydrogen) atoms. The van der Waals surface area contributed by atoms with Crippen LogP contribution in [0.3, 0.4) is 0 Å². The lowest BCUT2D eigenvalue weighted by Crippen LogP contribution is -2.31. The van der Waals surface area contributed by atoms with Gasteiger partial charge in [0.1, 0.15) is 5.82 Å². The first-order chi connectivity index (χ1) is 8.16. The monoisotopic (exact) mass is 236 g/mol. The van der Waals surface area contributed by atoms with Crippen molar-refractivity contribution < 1.29 is 9.18 Å². The van der Waals surface area contributed by atoms with E-state index in [1.807, 2.05) is 0 Å². The van der Waals surface area contributed by atoms with Gasteiger partial charge in [-0.2, -0.15) is 0 Å². The summed E-state index contributed by atoms with van der Waals surface area (Å²) >= 11 is 0. The van der Waals surface area contributed by atoms with Crippen LogP contribution in [0.5, 0.6) is 0 Å². The lowest BCUT2D eigenvalue weighted by molar-refractivity contribution is 0.0954. The van der Waals surface area contributed by atoms with Gasteiger partial charge in [-0.3, -0.25) is 4.79 Å². The highest BCUT2D eigenvalue weighted by atomic mass is 19.1. The Morgan fingerprint density at radius 2 is 2.35 bits per heavy atom. The molecule has 0 bridgehead atoms. The number of hydrogen-bond donors (Lipinski definition) is 2. The molecule has 1 unspecified atom stereocenters. The third-order valence-corrected chi connectivity index (χ3v) is 3.19. The predicted octanol–water partition coefficient (Wildman–Crippen LogP) is 1.98. The Morgan fingerprint density at radius 3 is 3.00 bits per heavy atom. The van der Waals surface area contributed by atoms with Crippen LogP contribution in [0.4, 0.5) is 10.1 Å². The highest BCUT2D eigenvalue weighted by Crippen LogP contribution is 2.21. The van der Waals surface area contributed by atoms with Crippen LogP contribution in [-0.2, 0) is 0 Å². The molecule has 0 amide bonds. The van der Waals surface area contributed by atoms with Crippen molar-refractivity contribution in [3.63, 3.8) is 0 Å². The second kappa shape index (κ2) is 5.27. The summed E-state index contributed by atoms with van der Waals surface area (Å²) in [6.07, 6.45) is 2.67. The minimum absolute atomic E-state index is 0.0104. The van der Waals surface area contributed by atoms with E-state index in [2.05, 4.69) is 5.32 Å². The number of carbonyl (C=O) groups is 1. The van der Waals surface area contributed by atoms with Crippen molar-refractivity contribution in [2.24, 2.45) is 5.92 Å². The normalized spacial score (nSPS) is 20.2. The van der Waals surface area contributed by atoms with Crippen molar-refractivity contribution in [2.75, 3.05) is 18.8 Å². The molecule has 1 fully saturated rings. The number of rotatable bonds is 3. The molecule has 2 rings (SSSR count). The number of carbonyl (C=O) groups excluding carboxylic acids is 1. The van der Waals surface area contributed by atoms with E-state index in [4.69, 9.17) is 5.73 Å². The molecule has 0 aromatic heterocycles. The molecule has 0 spiro atoms. The van der Waals surface area contributed by atoms with Crippen molar-refractivity contribution in [1.29, 1.82) is 0 Å². The molecule has 3 N–H and O–H groups in total. The van der Waals surface area contributed by atoms with Gasteiger partial charge >= 0.3 is 0 Å². The van der Waals surface area contributed by atoms with Gasteiger partial charge in [0, 0.05) is 17.7 Å². The number of nitrogens with two attached hydrogens (primary N) is 1. The molecule has 1 aliphatic rings. The first-order valence-electron chi connectivity index (χ1n) is 5.96. The molecule has 1 heterocycles. The van der Waals surface area contributed by atoms with E-state index in [0.29, 0.717) is 17.9 Å². The predicted molar refractivity (Wildman–Crippen MR) is 65.4 cm³/mol. The van der Waals surface area contributed by atoms with Crippen LogP contribution in [-0.4, -0.2) is 18.9 Å². The number of ketones is 1. The van der Waals surface area contributed by atoms with Crippen LogP contribution in [0.15, 0.2) is 18.2 Å². The zero-order chi connectivity index (χ0) is 12.3. The van der Waals surface area contributed by atoms with E-state index in [1.165, 1.54) is 18.2 Å². The van der Waals surface area contributed by atoms with Gasteiger partial charge in [0.2, 0.25) is 0 Å². The van der Waals surface area contributed by atoms with Gasteiger partial charge in [0.25, 0.3) is 0 Å². The molecular formula is C13H17FN2O. The van der Waals surface area contributed by atoms with E-state index in [0.717, 1.165) is 25.9 Å². The molecule has 92 valence electrons. The maximum atomic E-state index is 12.9. The number of Topliss-reactive ketones (excluding diaryl/α,β-unsaturated/α-hetero) is 1. The van der Waals surface area contributed by atoms with Crippen molar-refractivity contribution in [1.82, 2.24) is 5.32 Å². The average molecular weight is 236 g/mol. The second-order valence-electron chi connectivity index (χ2n) is 4.57. The molecule has 1 aromatic carbocycles. The third-order valence-electron chi connectivity index (χ3n) is 3.19. The van der Waals surface area contributed by atoms with Crippen LogP contribution < -0.4 is 11.1 Å². The zero-order valence-corrected chi connectivity index (χ0v) is 9.71. The van der Waals surface area contributed by atoms with E-state index in [9.17, 15) is 9.18 Å². The zero-order valence-electron chi connectivity index (χ0n) is 9.71. The van der Waals surface area contributed by atoms with Gasteiger partial charge < -0.3 is 11.1 Å². The summed E-state index contributed by atoms with van der Waals surface area (Å²) in [5.74, 6) is -0.0183. The third kappa shape index (κ3) is 3.03. The van der Waals surface area contributed by atoms with Gasteiger partial charge in [-0.25, -0.2) is 4.39 Å². The van der Waals surface area contributed by atoms with Crippen LogP contribution in [0.25, 0.3) is 0 Å². The van der Waals surface area contributed by atoms with Gasteiger partial charge in [-0.15, -0.1) is 0 Å². The molecule has 4 heteroatoms. The summed E-state index contributed by atoms with van der Waals surface area (Å²) in [5, 5.41) is 3.27. The van der Waals surface area contributed by atoms with E-state index >= 15 is 0 Å². The second-order valence-corrected chi connectivity index (χ2v) is 4.57. The summed E-state index contributed by atoms with van der Waals surface area (Å²) in [5.41, 5.74) is 6.33. The van der Waals surface area contributed by atoms with E-state index < -0.39 is 5.82 Å². The van der Waals surface area contributed by atoms with E-state index in [1.54, 1.807) is 0 Å². The molecule has 1 aromatic rings. The minimum Gasteiger partial charge on any atom is -0.398 e. The van der Waals surface area contributed by atoms with Crippen molar-refractivity contribution in [3.05, 3.63) is 29.6 Å². The maximum absolute atomic E-state index is 12.9. The highest BCUT2D eigenvalue weighted by molar-refractivity contribution is 6.00. The number of halogens is 1. The van der Waals surface area contributed by atoms with Crippen LogP contribution >= 0.6 is 0 Å². The Hall–Kier alpha value is -1.42. The highest BCUT2D eigenvalue weighted by Gasteiger charge is 2.19. The SMILES string of the molecule is Nc1cc(F)ccc1C(=O)CC1CCCNC1. The summed E-state index contributed by atoms with van der Waals surface area (Å²) < 4.78 is 12.9. The summed E-state index contributed by atoms with van der Waals surface area (Å²) in [4.78, 5) is 12.0. The molecular weight excluding hydrogens is 219 g/mol. The summed E-state index contributed by atoms with van der Waals surface area (Å²) in [6, 6.07) is 3.96. The fraction of sp³-hybridized carbons (Fsp3) is 0.462. The topological polar surface area (TPSA) is 55.1 Å². The van der Waals surface area contributed by atoms with Crippen LogP contribution in [0.1, 0.15) is 29.6 Å². The lowest BCUT2D eigenvalue weighted by Gasteiger charge is -2.22. The fourth-order valence-electron chi connectivity index (χ4n) is 2.26. The first kappa shape index (κ1) is 12.0. The smallest absolute Gasteiger partial charge is 0.165 e. The fourth-order valence-corrected chi connectivity index (χ4v) is 2.26. The molecule has 1 aliphatic heterocycles. The molecule has 0 radical (unpaired) electrons. The van der Waals surface area contributed by atoms with Gasteiger partial charge in [0.15, 0.2) is 5.78 Å². The Balaban J connectivity index is 2.03. The summed E-state index contributed by atoms with van der Waals surface area (Å²) in [7, 11) is 0. The maximum Gasteiger partial charge on any atom is 0.165 e. The molecule has 3 nitrogen and oxygen atoms in total. The average Bonchev–Trinajstić information content (AvgIpc) is 2.30. The van der Waals surface area contributed by atoms with Crippen molar-refractivity contribution in [3.8, 4) is 0 Å². The standard InChI is InChI=1S/C13H17FN2O/c14-10-3-4-11(12(15)7-10)13(17)6-9-2-1-5-16-8-9/h3-4,7,9,16H,1-2,5-6,8,15H2. The quantitative estimate of drug-likeness (QED) is 0.623. The molecule has 0 aliphatic carbocycles. The van der Waals surface area contributed by atoms with E-state index in [-0.39, 0.29) is 11.5 Å². The minimum atomic E-state index is -0.404. The van der Waals surface area contributed by atoms with Crippen LogP contribution in [0.2, 0.25) is 0 Å². The number of piperidine rings is 1. The number of hydrogen-bond acceptors (Lipinski definition) is 3. The number of benzene rings is 1. The Bertz CT molecular complexity index is 414. The molecule has 0 saturated carbocycles. The molecule has 1 saturated heterocycles. The van der Waals surface area contributed by atoms with Crippen molar-refractivity contribution >= 4 is 11.5 Å². The van der Waals surface area contributed by atoms with Gasteiger partial charge in [-0.1, -0.05) is 0 Å². The molecule has 1 atom stereocenters. The number of nitrogen functional groups attached to an aromatic ring is 1. The van der Waals surface area contributed by atoms with Gasteiger partial charge in [0.05, 0.1) is 0 Å². The Kier molecular flexibility index (Phi) is 3.74. The Morgan fingerprint density at radius 1 is 1.53 bits per heavy atom. The Labute approximate surface area is 100 Å². The lowest BCUT2D eigenvalue weighted by atomic mass is 9.91. The van der Waals surface area contributed by atoms with Crippen LogP contribution in [0, 0.1) is 11.7 Å².